The van der Waals surface area contributed by atoms with Gasteiger partial charge in [0.25, 0.3) is 5.91 Å². The minimum Gasteiger partial charge on any atom is -0.497 e. The van der Waals surface area contributed by atoms with E-state index in [-0.39, 0.29) is 36.0 Å². The smallest absolute Gasteiger partial charge is 0.329 e. The Morgan fingerprint density at radius 3 is 2.31 bits per heavy atom. The third-order valence-corrected chi connectivity index (χ3v) is 8.05. The normalized spacial score (nSPS) is 18.9. The highest BCUT2D eigenvalue weighted by atomic mass is 32.2. The number of oxime groups is 1. The molecule has 1 fully saturated rings. The van der Waals surface area contributed by atoms with Crippen LogP contribution in [0.3, 0.4) is 0 Å². The standard InChI is InChI=1S/C25H37N3O7S/c1-17(2)15-20(23(30)34-24(3,4)5)26-22(29)21-16-25(35-27-21)11-13-28(14-12-25)36(31,32)19-9-7-18(33-6)8-10-19/h7-10,17,20H,11-16H2,1-6H3,(H,26,29). The molecule has 1 saturated heterocycles. The maximum Gasteiger partial charge on any atom is 0.329 e. The van der Waals surface area contributed by atoms with E-state index in [9.17, 15) is 18.0 Å². The molecular formula is C25H37N3O7S. The lowest BCUT2D eigenvalue weighted by Gasteiger charge is -2.36. The largest absolute Gasteiger partial charge is 0.497 e. The summed E-state index contributed by atoms with van der Waals surface area (Å²) in [5, 5.41) is 6.77. The van der Waals surface area contributed by atoms with Crippen LogP contribution in [0.4, 0.5) is 0 Å². The van der Waals surface area contributed by atoms with Crippen molar-refractivity contribution in [2.45, 2.75) is 82.4 Å². The van der Waals surface area contributed by atoms with Crippen molar-refractivity contribution in [3.63, 3.8) is 0 Å². The fourth-order valence-corrected chi connectivity index (χ4v) is 5.68. The van der Waals surface area contributed by atoms with Crippen molar-refractivity contribution >= 4 is 27.6 Å². The second-order valence-corrected chi connectivity index (χ2v) is 12.7. The molecule has 3 rings (SSSR count). The molecule has 1 atom stereocenters. The molecule has 1 aromatic rings. The Balaban J connectivity index is 1.60. The van der Waals surface area contributed by atoms with E-state index in [4.69, 9.17) is 14.3 Å². The van der Waals surface area contributed by atoms with Crippen LogP contribution in [0, 0.1) is 5.92 Å². The van der Waals surface area contributed by atoms with Gasteiger partial charge >= 0.3 is 5.97 Å². The van der Waals surface area contributed by atoms with Crippen molar-refractivity contribution in [1.29, 1.82) is 0 Å². The van der Waals surface area contributed by atoms with Gasteiger partial charge in [0.2, 0.25) is 10.0 Å². The summed E-state index contributed by atoms with van der Waals surface area (Å²) >= 11 is 0. The first kappa shape index (κ1) is 27.9. The quantitative estimate of drug-likeness (QED) is 0.520. The topological polar surface area (TPSA) is 124 Å². The first-order valence-electron chi connectivity index (χ1n) is 12.2. The van der Waals surface area contributed by atoms with E-state index in [1.165, 1.54) is 23.5 Å². The lowest BCUT2D eigenvalue weighted by atomic mass is 9.87. The number of carbonyl (C=O) groups is 2. The Bertz CT molecular complexity index is 1080. The fraction of sp³-hybridized carbons (Fsp3) is 0.640. The van der Waals surface area contributed by atoms with Crippen molar-refractivity contribution in [3.8, 4) is 5.75 Å². The number of nitrogens with zero attached hydrogens (tertiary/aromatic N) is 2. The number of methoxy groups -OCH3 is 1. The van der Waals surface area contributed by atoms with Crippen molar-refractivity contribution in [3.05, 3.63) is 24.3 Å². The van der Waals surface area contributed by atoms with E-state index in [0.29, 0.717) is 25.0 Å². The van der Waals surface area contributed by atoms with Crippen LogP contribution >= 0.6 is 0 Å². The number of esters is 1. The van der Waals surface area contributed by atoms with Crippen molar-refractivity contribution in [1.82, 2.24) is 9.62 Å². The highest BCUT2D eigenvalue weighted by molar-refractivity contribution is 7.89. The molecule has 0 aliphatic carbocycles. The molecule has 0 radical (unpaired) electrons. The summed E-state index contributed by atoms with van der Waals surface area (Å²) in [6.45, 7) is 9.74. The number of amides is 1. The minimum absolute atomic E-state index is 0.160. The number of rotatable bonds is 8. The summed E-state index contributed by atoms with van der Waals surface area (Å²) in [6.07, 6.45) is 1.46. The molecule has 11 heteroatoms. The van der Waals surface area contributed by atoms with Gasteiger partial charge in [0.15, 0.2) is 0 Å². The van der Waals surface area contributed by atoms with E-state index in [0.717, 1.165) is 0 Å². The van der Waals surface area contributed by atoms with E-state index < -0.39 is 39.1 Å². The lowest BCUT2D eigenvalue weighted by Crippen LogP contribution is -2.49. The molecule has 1 spiro atoms. The summed E-state index contributed by atoms with van der Waals surface area (Å²) in [5.74, 6) is -0.225. The third-order valence-electron chi connectivity index (χ3n) is 6.14. The zero-order chi connectivity index (χ0) is 26.7. The van der Waals surface area contributed by atoms with Crippen LogP contribution in [0.25, 0.3) is 0 Å². The molecular weight excluding hydrogens is 486 g/mol. The van der Waals surface area contributed by atoms with Crippen LogP contribution < -0.4 is 10.1 Å². The van der Waals surface area contributed by atoms with Gasteiger partial charge in [0, 0.05) is 32.4 Å². The summed E-state index contributed by atoms with van der Waals surface area (Å²) in [6, 6.07) is 5.47. The highest BCUT2D eigenvalue weighted by Crippen LogP contribution is 2.36. The van der Waals surface area contributed by atoms with Gasteiger partial charge in [-0.3, -0.25) is 4.79 Å². The zero-order valence-corrected chi connectivity index (χ0v) is 22.7. The molecule has 1 N–H and O–H groups in total. The van der Waals surface area contributed by atoms with Gasteiger partial charge in [0.1, 0.15) is 28.7 Å². The first-order chi connectivity index (χ1) is 16.7. The molecule has 1 aromatic carbocycles. The van der Waals surface area contributed by atoms with Crippen LogP contribution in [0.2, 0.25) is 0 Å². The summed E-state index contributed by atoms with van der Waals surface area (Å²) < 4.78 is 38.1. The molecule has 200 valence electrons. The number of benzene rings is 1. The highest BCUT2D eigenvalue weighted by Gasteiger charge is 2.46. The molecule has 2 aliphatic heterocycles. The third kappa shape index (κ3) is 6.76. The second-order valence-electron chi connectivity index (χ2n) is 10.8. The van der Waals surface area contributed by atoms with Crippen LogP contribution in [-0.4, -0.2) is 67.8 Å². The molecule has 1 amide bonds. The van der Waals surface area contributed by atoms with Crippen molar-refractivity contribution in [2.75, 3.05) is 20.2 Å². The predicted molar refractivity (Wildman–Crippen MR) is 134 cm³/mol. The zero-order valence-electron chi connectivity index (χ0n) is 21.9. The number of ether oxygens (including phenoxy) is 2. The number of nitrogens with one attached hydrogen (secondary N) is 1. The van der Waals surface area contributed by atoms with E-state index in [1.54, 1.807) is 32.9 Å². The fourth-order valence-electron chi connectivity index (χ4n) is 4.24. The molecule has 0 saturated carbocycles. The van der Waals surface area contributed by atoms with Gasteiger partial charge in [-0.15, -0.1) is 0 Å². The minimum atomic E-state index is -3.66. The molecule has 2 heterocycles. The van der Waals surface area contributed by atoms with E-state index >= 15 is 0 Å². The predicted octanol–water partition coefficient (Wildman–Crippen LogP) is 2.87. The Kier molecular flexibility index (Phi) is 8.34. The Morgan fingerprint density at radius 2 is 1.78 bits per heavy atom. The van der Waals surface area contributed by atoms with Crippen molar-refractivity contribution < 1.29 is 32.3 Å². The summed E-state index contributed by atoms with van der Waals surface area (Å²) in [7, 11) is -2.14. The first-order valence-corrected chi connectivity index (χ1v) is 13.6. The van der Waals surface area contributed by atoms with Gasteiger partial charge < -0.3 is 19.6 Å². The SMILES string of the molecule is COc1ccc(S(=O)(=O)N2CCC3(CC2)CC(C(=O)NC(CC(C)C)C(=O)OC(C)(C)C)=NO3)cc1. The monoisotopic (exact) mass is 523 g/mol. The molecule has 10 nitrogen and oxygen atoms in total. The molecule has 36 heavy (non-hydrogen) atoms. The summed E-state index contributed by atoms with van der Waals surface area (Å²) in [4.78, 5) is 31.5. The second kappa shape index (κ2) is 10.8. The van der Waals surface area contributed by atoms with Gasteiger partial charge in [-0.1, -0.05) is 19.0 Å². The van der Waals surface area contributed by atoms with Crippen molar-refractivity contribution in [2.24, 2.45) is 11.1 Å². The Hall–Kier alpha value is -2.66. The summed E-state index contributed by atoms with van der Waals surface area (Å²) in [5.41, 5.74) is -1.22. The maximum absolute atomic E-state index is 13.0. The number of piperidine rings is 1. The number of hydrogen-bond acceptors (Lipinski definition) is 8. The Labute approximate surface area is 213 Å². The number of carbonyl (C=O) groups excluding carboxylic acids is 2. The number of hydrogen-bond donors (Lipinski definition) is 1. The Morgan fingerprint density at radius 1 is 1.17 bits per heavy atom. The van der Waals surface area contributed by atoms with Gasteiger partial charge in [0.05, 0.1) is 12.0 Å². The molecule has 2 aliphatic rings. The molecule has 1 unspecified atom stereocenters. The average Bonchev–Trinajstić information content (AvgIpc) is 3.21. The lowest BCUT2D eigenvalue weighted by molar-refractivity contribution is -0.158. The van der Waals surface area contributed by atoms with Crippen LogP contribution in [-0.2, 0) is 29.2 Å². The van der Waals surface area contributed by atoms with E-state index in [1.807, 2.05) is 13.8 Å². The van der Waals surface area contributed by atoms with Crippen LogP contribution in [0.5, 0.6) is 5.75 Å². The maximum atomic E-state index is 13.0. The molecule has 0 bridgehead atoms. The van der Waals surface area contributed by atoms with Crippen LogP contribution in [0.1, 0.15) is 60.3 Å². The van der Waals surface area contributed by atoms with Gasteiger partial charge in [-0.25, -0.2) is 13.2 Å². The average molecular weight is 524 g/mol. The number of sulfonamides is 1. The van der Waals surface area contributed by atoms with E-state index in [2.05, 4.69) is 10.5 Å². The van der Waals surface area contributed by atoms with Crippen LogP contribution in [0.15, 0.2) is 34.3 Å². The van der Waals surface area contributed by atoms with Gasteiger partial charge in [-0.2, -0.15) is 4.31 Å². The van der Waals surface area contributed by atoms with Gasteiger partial charge in [-0.05, 0) is 57.4 Å². The molecule has 0 aromatic heterocycles.